The highest BCUT2D eigenvalue weighted by Crippen LogP contribution is 2.27. The third kappa shape index (κ3) is 2.64. The molecule has 1 atom stereocenters. The molecule has 2 amide bonds. The monoisotopic (exact) mass is 292 g/mol. The number of carbonyl (C=O) groups is 1. The van der Waals surface area contributed by atoms with Crippen molar-refractivity contribution in [1.82, 2.24) is 19.4 Å². The Balaban J connectivity index is 1.74. The van der Waals surface area contributed by atoms with Crippen LogP contribution in [0.1, 0.15) is 44.2 Å². The molecule has 6 heteroatoms. The number of hydrogen-bond acceptors (Lipinski definition) is 3. The van der Waals surface area contributed by atoms with Crippen LogP contribution in [0.4, 0.5) is 4.79 Å². The Bertz CT molecular complexity index is 508. The van der Waals surface area contributed by atoms with Gasteiger partial charge in [-0.1, -0.05) is 0 Å². The highest BCUT2D eigenvalue weighted by Gasteiger charge is 2.33. The SMILES string of the molecule is CCOCc1cnc2n1CCN(C(=O)N1CCCC1)[C@H]2C. The zero-order valence-corrected chi connectivity index (χ0v) is 12.9. The van der Waals surface area contributed by atoms with Gasteiger partial charge in [0, 0.05) is 32.8 Å². The van der Waals surface area contributed by atoms with Crippen LogP contribution in [0.3, 0.4) is 0 Å². The fourth-order valence-electron chi connectivity index (χ4n) is 3.23. The lowest BCUT2D eigenvalue weighted by Crippen LogP contribution is -2.47. The Labute approximate surface area is 125 Å². The van der Waals surface area contributed by atoms with Gasteiger partial charge in [-0.15, -0.1) is 0 Å². The minimum absolute atomic E-state index is 0.0298. The maximum absolute atomic E-state index is 12.6. The molecule has 0 unspecified atom stereocenters. The van der Waals surface area contributed by atoms with E-state index < -0.39 is 0 Å². The summed E-state index contributed by atoms with van der Waals surface area (Å²) in [5.74, 6) is 0.975. The summed E-state index contributed by atoms with van der Waals surface area (Å²) in [6, 6.07) is 0.197. The van der Waals surface area contributed by atoms with E-state index in [-0.39, 0.29) is 12.1 Å². The Hall–Kier alpha value is -1.56. The molecular weight excluding hydrogens is 268 g/mol. The molecule has 0 bridgehead atoms. The van der Waals surface area contributed by atoms with Crippen molar-refractivity contribution in [2.45, 2.75) is 45.9 Å². The number of likely N-dealkylation sites (tertiary alicyclic amines) is 1. The third-order valence-corrected chi connectivity index (χ3v) is 4.45. The van der Waals surface area contributed by atoms with Crippen LogP contribution in [0.25, 0.3) is 0 Å². The number of aromatic nitrogens is 2. The predicted octanol–water partition coefficient (Wildman–Crippen LogP) is 2.01. The van der Waals surface area contributed by atoms with Crippen LogP contribution < -0.4 is 0 Å². The van der Waals surface area contributed by atoms with Gasteiger partial charge in [0.2, 0.25) is 0 Å². The molecule has 21 heavy (non-hydrogen) atoms. The van der Waals surface area contributed by atoms with Gasteiger partial charge >= 0.3 is 6.03 Å². The van der Waals surface area contributed by atoms with Gasteiger partial charge in [0.05, 0.1) is 24.5 Å². The fourth-order valence-corrected chi connectivity index (χ4v) is 3.23. The van der Waals surface area contributed by atoms with Crippen LogP contribution in [0, 0.1) is 0 Å². The molecule has 0 aliphatic carbocycles. The molecule has 6 nitrogen and oxygen atoms in total. The van der Waals surface area contributed by atoms with Gasteiger partial charge in [-0.2, -0.15) is 0 Å². The van der Waals surface area contributed by atoms with Crippen molar-refractivity contribution in [3.8, 4) is 0 Å². The normalized spacial score (nSPS) is 21.7. The van der Waals surface area contributed by atoms with Crippen molar-refractivity contribution in [2.24, 2.45) is 0 Å². The number of carbonyl (C=O) groups excluding carboxylic acids is 1. The van der Waals surface area contributed by atoms with Crippen LogP contribution in [0.2, 0.25) is 0 Å². The summed E-state index contributed by atoms with van der Waals surface area (Å²) in [4.78, 5) is 21.0. The van der Waals surface area contributed by atoms with Gasteiger partial charge in [0.1, 0.15) is 5.82 Å². The minimum atomic E-state index is 0.0298. The van der Waals surface area contributed by atoms with E-state index in [1.807, 2.05) is 22.9 Å². The first kappa shape index (κ1) is 14.4. The topological polar surface area (TPSA) is 50.6 Å². The largest absolute Gasteiger partial charge is 0.375 e. The van der Waals surface area contributed by atoms with Gasteiger partial charge < -0.3 is 19.1 Å². The highest BCUT2D eigenvalue weighted by molar-refractivity contribution is 5.75. The van der Waals surface area contributed by atoms with Crippen molar-refractivity contribution in [3.05, 3.63) is 17.7 Å². The van der Waals surface area contributed by atoms with Gasteiger partial charge in [-0.3, -0.25) is 0 Å². The maximum atomic E-state index is 12.6. The molecule has 0 N–H and O–H groups in total. The zero-order chi connectivity index (χ0) is 14.8. The predicted molar refractivity (Wildman–Crippen MR) is 78.9 cm³/mol. The molecule has 3 rings (SSSR count). The Morgan fingerprint density at radius 1 is 1.33 bits per heavy atom. The molecule has 2 aliphatic heterocycles. The number of urea groups is 1. The van der Waals surface area contributed by atoms with Crippen molar-refractivity contribution in [1.29, 1.82) is 0 Å². The van der Waals surface area contributed by atoms with Crippen LogP contribution in [-0.2, 0) is 17.9 Å². The summed E-state index contributed by atoms with van der Waals surface area (Å²) >= 11 is 0. The van der Waals surface area contributed by atoms with Crippen molar-refractivity contribution in [2.75, 3.05) is 26.2 Å². The smallest absolute Gasteiger partial charge is 0.320 e. The summed E-state index contributed by atoms with van der Waals surface area (Å²) in [7, 11) is 0. The van der Waals surface area contributed by atoms with Gasteiger partial charge in [0.15, 0.2) is 0 Å². The minimum Gasteiger partial charge on any atom is -0.375 e. The van der Waals surface area contributed by atoms with Crippen molar-refractivity contribution in [3.63, 3.8) is 0 Å². The van der Waals surface area contributed by atoms with Crippen LogP contribution in [0.15, 0.2) is 6.20 Å². The second-order valence-corrected chi connectivity index (χ2v) is 5.74. The molecule has 1 fully saturated rings. The van der Waals surface area contributed by atoms with E-state index in [0.29, 0.717) is 13.2 Å². The molecule has 0 spiro atoms. The average molecular weight is 292 g/mol. The number of amides is 2. The lowest BCUT2D eigenvalue weighted by molar-refractivity contribution is 0.116. The van der Waals surface area contributed by atoms with Crippen LogP contribution in [0.5, 0.6) is 0 Å². The number of imidazole rings is 1. The van der Waals surface area contributed by atoms with Crippen LogP contribution in [-0.4, -0.2) is 51.6 Å². The molecule has 2 aliphatic rings. The maximum Gasteiger partial charge on any atom is 0.320 e. The lowest BCUT2D eigenvalue weighted by Gasteiger charge is -2.36. The Morgan fingerprint density at radius 3 is 2.81 bits per heavy atom. The van der Waals surface area contributed by atoms with E-state index in [2.05, 4.69) is 16.5 Å². The first-order valence-electron chi connectivity index (χ1n) is 7.90. The number of fused-ring (bicyclic) bond motifs is 1. The standard InChI is InChI=1S/C15H24N4O2/c1-3-21-11-13-10-16-14-12(2)18(8-9-19(13)14)15(20)17-6-4-5-7-17/h10,12H,3-9,11H2,1-2H3/t12-/m0/s1. The van der Waals surface area contributed by atoms with Crippen molar-refractivity contribution >= 4 is 6.03 Å². The second kappa shape index (κ2) is 6.05. The van der Waals surface area contributed by atoms with Gasteiger partial charge in [-0.25, -0.2) is 9.78 Å². The summed E-state index contributed by atoms with van der Waals surface area (Å²) in [6.45, 7) is 8.70. The zero-order valence-electron chi connectivity index (χ0n) is 12.9. The first-order chi connectivity index (χ1) is 10.2. The molecular formula is C15H24N4O2. The quantitative estimate of drug-likeness (QED) is 0.856. The van der Waals surface area contributed by atoms with E-state index in [1.165, 1.54) is 0 Å². The van der Waals surface area contributed by atoms with Gasteiger partial charge in [-0.05, 0) is 26.7 Å². The summed E-state index contributed by atoms with van der Waals surface area (Å²) < 4.78 is 7.69. The molecule has 0 radical (unpaired) electrons. The van der Waals surface area contributed by atoms with Crippen LogP contribution >= 0.6 is 0 Å². The Morgan fingerprint density at radius 2 is 2.10 bits per heavy atom. The number of ether oxygens (including phenoxy) is 1. The highest BCUT2D eigenvalue weighted by atomic mass is 16.5. The fraction of sp³-hybridized carbons (Fsp3) is 0.733. The van der Waals surface area contributed by atoms with E-state index >= 15 is 0 Å². The molecule has 1 aromatic rings. The molecule has 3 heterocycles. The molecule has 1 saturated heterocycles. The van der Waals surface area contributed by atoms with E-state index in [0.717, 1.165) is 50.5 Å². The first-order valence-corrected chi connectivity index (χ1v) is 7.90. The van der Waals surface area contributed by atoms with E-state index in [9.17, 15) is 4.79 Å². The summed E-state index contributed by atoms with van der Waals surface area (Å²) in [5, 5.41) is 0. The lowest BCUT2D eigenvalue weighted by atomic mass is 10.2. The summed E-state index contributed by atoms with van der Waals surface area (Å²) in [5.41, 5.74) is 1.10. The average Bonchev–Trinajstić information content (AvgIpc) is 3.15. The number of nitrogens with zero attached hydrogens (tertiary/aromatic N) is 4. The third-order valence-electron chi connectivity index (χ3n) is 4.45. The number of rotatable bonds is 3. The molecule has 116 valence electrons. The van der Waals surface area contributed by atoms with E-state index in [1.54, 1.807) is 0 Å². The Kier molecular flexibility index (Phi) is 4.14. The molecule has 0 aromatic carbocycles. The summed E-state index contributed by atoms with van der Waals surface area (Å²) in [6.07, 6.45) is 4.13. The number of hydrogen-bond donors (Lipinski definition) is 0. The molecule has 1 aromatic heterocycles. The molecule has 0 saturated carbocycles. The van der Waals surface area contributed by atoms with Gasteiger partial charge in [0.25, 0.3) is 0 Å². The second-order valence-electron chi connectivity index (χ2n) is 5.74. The van der Waals surface area contributed by atoms with Crippen molar-refractivity contribution < 1.29 is 9.53 Å². The van der Waals surface area contributed by atoms with E-state index in [4.69, 9.17) is 4.74 Å².